The fourth-order valence-electron chi connectivity index (χ4n) is 9.58. The van der Waals surface area contributed by atoms with Gasteiger partial charge in [-0.2, -0.15) is 23.5 Å². The minimum Gasteiger partial charge on any atom is -0.378 e. The number of aryl methyl sites for hydroxylation is 1. The lowest BCUT2D eigenvalue weighted by Gasteiger charge is -2.42. The van der Waals surface area contributed by atoms with Crippen LogP contribution in [0.4, 0.5) is 35.2 Å². The molecule has 4 fully saturated rings. The molecule has 3 aromatic rings. The summed E-state index contributed by atoms with van der Waals surface area (Å²) in [6, 6.07) is 9.98. The first-order chi connectivity index (χ1) is 28.4. The van der Waals surface area contributed by atoms with Crippen molar-refractivity contribution < 1.29 is 37.1 Å². The molecule has 320 valence electrons. The summed E-state index contributed by atoms with van der Waals surface area (Å²) < 4.78 is 49.3. The molecule has 4 aliphatic rings. The summed E-state index contributed by atoms with van der Waals surface area (Å²) in [6.45, 7) is 8.81. The third kappa shape index (κ3) is 8.31. The number of benzene rings is 2. The molecular weight excluding hydrogens is 800 g/mol. The van der Waals surface area contributed by atoms with Gasteiger partial charge in [0.15, 0.2) is 10.9 Å². The molecule has 0 radical (unpaired) electrons. The van der Waals surface area contributed by atoms with E-state index in [-0.39, 0.29) is 66.4 Å². The number of imide groups is 1. The SMILES string of the molecule is C[C@@H]1CC(CCO[C@H]2CC[C@H](N3C(=S)N(c4ccc(C#N)c(C(F)(F)F)c4)C(=O)C3(C)C)CC2)C[C@H](C)N1CC(=O)Nc1cccc2c(N3CCC(=O)NC3=O)nn(C)c12. The Balaban J connectivity index is 0.884. The van der Waals surface area contributed by atoms with Crippen LogP contribution in [0.2, 0.25) is 0 Å². The molecule has 7 rings (SSSR count). The summed E-state index contributed by atoms with van der Waals surface area (Å²) in [7, 11) is 1.75. The van der Waals surface area contributed by atoms with Crippen molar-refractivity contribution in [3.05, 3.63) is 47.5 Å². The first-order valence-electron chi connectivity index (χ1n) is 20.4. The predicted octanol–water partition coefficient (Wildman–Crippen LogP) is 6.47. The highest BCUT2D eigenvalue weighted by atomic mass is 32.1. The van der Waals surface area contributed by atoms with E-state index in [1.165, 1.54) is 11.0 Å². The number of hydrogen-bond acceptors (Lipinski definition) is 9. The minimum atomic E-state index is -4.77. The van der Waals surface area contributed by atoms with E-state index in [9.17, 15) is 37.6 Å². The van der Waals surface area contributed by atoms with E-state index in [2.05, 4.69) is 34.5 Å². The van der Waals surface area contributed by atoms with Crippen LogP contribution in [0.3, 0.4) is 0 Å². The van der Waals surface area contributed by atoms with Gasteiger partial charge in [0.1, 0.15) is 5.54 Å². The first-order valence-corrected chi connectivity index (χ1v) is 20.8. The number of nitriles is 1. The molecule has 3 atom stereocenters. The number of amides is 5. The van der Waals surface area contributed by atoms with Gasteiger partial charge in [0.25, 0.3) is 5.91 Å². The zero-order valence-corrected chi connectivity index (χ0v) is 35.2. The van der Waals surface area contributed by atoms with Crippen molar-refractivity contribution in [3.63, 3.8) is 0 Å². The largest absolute Gasteiger partial charge is 0.417 e. The van der Waals surface area contributed by atoms with Crippen LogP contribution in [0.25, 0.3) is 10.9 Å². The van der Waals surface area contributed by atoms with E-state index < -0.39 is 34.8 Å². The van der Waals surface area contributed by atoms with E-state index in [1.54, 1.807) is 37.7 Å². The molecular formula is C42H50F3N9O5S. The van der Waals surface area contributed by atoms with Gasteiger partial charge in [0.2, 0.25) is 11.8 Å². The molecule has 1 aliphatic carbocycles. The number of para-hydroxylation sites is 1. The zero-order valence-electron chi connectivity index (χ0n) is 34.3. The summed E-state index contributed by atoms with van der Waals surface area (Å²) in [5.74, 6) is -0.0434. The second kappa shape index (κ2) is 16.7. The number of rotatable bonds is 10. The second-order valence-electron chi connectivity index (χ2n) is 16.9. The number of ether oxygens (including phenoxy) is 1. The molecule has 0 spiro atoms. The Kier molecular flexibility index (Phi) is 12.0. The van der Waals surface area contributed by atoms with Crippen molar-refractivity contribution in [2.45, 2.75) is 115 Å². The van der Waals surface area contributed by atoms with Crippen molar-refractivity contribution in [1.82, 2.24) is 24.9 Å². The molecule has 1 unspecified atom stereocenters. The van der Waals surface area contributed by atoms with E-state index in [4.69, 9.17) is 17.0 Å². The smallest absolute Gasteiger partial charge is 0.378 e. The predicted molar refractivity (Wildman–Crippen MR) is 222 cm³/mol. The van der Waals surface area contributed by atoms with Crippen LogP contribution < -0.4 is 20.4 Å². The first kappa shape index (κ1) is 43.0. The van der Waals surface area contributed by atoms with Crippen LogP contribution in [0.1, 0.15) is 90.2 Å². The van der Waals surface area contributed by atoms with Gasteiger partial charge in [-0.3, -0.25) is 39.1 Å². The number of anilines is 3. The maximum absolute atomic E-state index is 13.8. The lowest BCUT2D eigenvalue weighted by Crippen LogP contribution is -2.51. The zero-order chi connectivity index (χ0) is 43.3. The lowest BCUT2D eigenvalue weighted by molar-refractivity contribution is -0.137. The number of urea groups is 1. The van der Waals surface area contributed by atoms with Crippen LogP contribution in [0, 0.1) is 17.2 Å². The maximum Gasteiger partial charge on any atom is 0.417 e. The molecule has 4 heterocycles. The fraction of sp³-hybridized carbons (Fsp3) is 0.548. The number of likely N-dealkylation sites (tertiary alicyclic amines) is 1. The van der Waals surface area contributed by atoms with Crippen molar-refractivity contribution in [1.29, 1.82) is 5.26 Å². The molecule has 0 bridgehead atoms. The summed E-state index contributed by atoms with van der Waals surface area (Å²) in [5, 5.41) is 20.0. The topological polar surface area (TPSA) is 156 Å². The molecule has 3 aliphatic heterocycles. The highest BCUT2D eigenvalue weighted by Crippen LogP contribution is 2.41. The van der Waals surface area contributed by atoms with Gasteiger partial charge in [0.05, 0.1) is 46.7 Å². The molecule has 60 heavy (non-hydrogen) atoms. The quantitative estimate of drug-likeness (QED) is 0.217. The summed E-state index contributed by atoms with van der Waals surface area (Å²) in [4.78, 5) is 58.1. The van der Waals surface area contributed by atoms with Crippen molar-refractivity contribution in [2.75, 3.05) is 34.8 Å². The number of fused-ring (bicyclic) bond motifs is 1. The second-order valence-corrected chi connectivity index (χ2v) is 17.3. The Morgan fingerprint density at radius 3 is 2.43 bits per heavy atom. The van der Waals surface area contributed by atoms with Gasteiger partial charge in [-0.25, -0.2) is 4.79 Å². The number of hydrogen-bond donors (Lipinski definition) is 2. The molecule has 5 amide bonds. The van der Waals surface area contributed by atoms with Crippen LogP contribution in [0.5, 0.6) is 0 Å². The Hall–Kier alpha value is -5.12. The number of carbonyl (C=O) groups excluding carboxylic acids is 4. The van der Waals surface area contributed by atoms with Gasteiger partial charge < -0.3 is 15.0 Å². The van der Waals surface area contributed by atoms with E-state index in [0.29, 0.717) is 47.8 Å². The van der Waals surface area contributed by atoms with E-state index in [1.807, 2.05) is 17.0 Å². The molecule has 3 saturated heterocycles. The molecule has 2 aromatic carbocycles. The van der Waals surface area contributed by atoms with Gasteiger partial charge >= 0.3 is 12.2 Å². The molecule has 2 N–H and O–H groups in total. The summed E-state index contributed by atoms with van der Waals surface area (Å²) in [5.41, 5.74) is -1.45. The third-order valence-electron chi connectivity index (χ3n) is 12.5. The normalized spacial score (nSPS) is 25.2. The van der Waals surface area contributed by atoms with Gasteiger partial charge in [-0.15, -0.1) is 0 Å². The van der Waals surface area contributed by atoms with Crippen LogP contribution in [-0.2, 0) is 32.3 Å². The number of thiocarbonyl (C=S) groups is 1. The number of nitrogens with zero attached hydrogens (tertiary/aromatic N) is 7. The van der Waals surface area contributed by atoms with Crippen LogP contribution in [0.15, 0.2) is 36.4 Å². The van der Waals surface area contributed by atoms with E-state index >= 15 is 0 Å². The van der Waals surface area contributed by atoms with E-state index in [0.717, 1.165) is 49.1 Å². The number of halogens is 3. The number of piperidine rings is 1. The number of carbonyl (C=O) groups is 4. The van der Waals surface area contributed by atoms with Crippen molar-refractivity contribution >= 4 is 69.2 Å². The maximum atomic E-state index is 13.8. The molecule has 18 heteroatoms. The number of alkyl halides is 3. The Morgan fingerprint density at radius 1 is 1.08 bits per heavy atom. The molecule has 14 nitrogen and oxygen atoms in total. The number of aromatic nitrogens is 2. The van der Waals surface area contributed by atoms with Crippen LogP contribution >= 0.6 is 12.2 Å². The van der Waals surface area contributed by atoms with Crippen LogP contribution in [-0.4, -0.2) is 97.9 Å². The lowest BCUT2D eigenvalue weighted by atomic mass is 9.85. The third-order valence-corrected chi connectivity index (χ3v) is 12.9. The van der Waals surface area contributed by atoms with Crippen molar-refractivity contribution in [2.24, 2.45) is 13.0 Å². The average molecular weight is 850 g/mol. The summed E-state index contributed by atoms with van der Waals surface area (Å²) in [6.07, 6.45) is 1.11. The molecule has 1 aromatic heterocycles. The van der Waals surface area contributed by atoms with Gasteiger partial charge in [-0.05, 0) is 121 Å². The standard InChI is InChI=1S/C42H50F3N9O5S/c1-24-19-26(20-25(2)52(24)23-35(56)47-33-8-6-7-31-36(33)50(5)49-37(31)51-17-15-34(55)48-39(51)58)16-18-59-30-13-11-28(12-14-30)54-40(60)53(38(57)41(54,3)4)29-10-9-27(22-46)32(21-29)42(43,44)45/h6-10,21,24-26,28,30H,11-20,23H2,1-5H3,(H,47,56)(H,48,55,58)/t24-,25+,26?,28-,30-. The number of nitrogens with one attached hydrogen (secondary N) is 2. The van der Waals surface area contributed by atoms with Crippen molar-refractivity contribution in [3.8, 4) is 6.07 Å². The Morgan fingerprint density at radius 2 is 1.78 bits per heavy atom. The molecule has 1 saturated carbocycles. The summed E-state index contributed by atoms with van der Waals surface area (Å²) >= 11 is 5.75. The average Bonchev–Trinajstić information content (AvgIpc) is 3.61. The van der Waals surface area contributed by atoms with Gasteiger partial charge in [0, 0.05) is 50.1 Å². The Labute approximate surface area is 351 Å². The Bertz CT molecular complexity index is 2240. The highest BCUT2D eigenvalue weighted by Gasteiger charge is 2.52. The van der Waals surface area contributed by atoms with Gasteiger partial charge in [-0.1, -0.05) is 6.07 Å². The minimum absolute atomic E-state index is 0.0117. The monoisotopic (exact) mass is 849 g/mol. The highest BCUT2D eigenvalue weighted by molar-refractivity contribution is 7.80. The fourth-order valence-corrected chi connectivity index (χ4v) is 10.1.